The van der Waals surface area contributed by atoms with Crippen LogP contribution in [0.15, 0.2) is 231 Å². The molecule has 0 N–H and O–H groups in total. The molecule has 0 bridgehead atoms. The maximum atomic E-state index is 2.37. The molecule has 12 aromatic rings. The van der Waals surface area contributed by atoms with Crippen LogP contribution in [0.2, 0.25) is 0 Å². The zero-order valence-electron chi connectivity index (χ0n) is 32.9. The first-order valence-corrected chi connectivity index (χ1v) is 20.8. The van der Waals surface area contributed by atoms with Gasteiger partial charge in [-0.2, -0.15) is 0 Å². The first kappa shape index (κ1) is 34.3. The quantitative estimate of drug-likeness (QED) is 0.153. The number of benzene rings is 12. The maximum Gasteiger partial charge on any atom is -0.00262 e. The third kappa shape index (κ3) is 5.53. The SMILES string of the molecule is c1ccc(-c2c3ccccc3c(-c3ccc4cc(-c5ccc(-c6c7ccccc7c(-c7ccc8ccccc8c7)c7ccccc67)cc5)ccc4c3)c3ccccc23)cc1. The van der Waals surface area contributed by atoms with Crippen LogP contribution in [0.3, 0.4) is 0 Å². The van der Waals surface area contributed by atoms with E-state index in [1.165, 1.54) is 120 Å². The lowest BCUT2D eigenvalue weighted by molar-refractivity contribution is 1.62. The Labute approximate surface area is 349 Å². The van der Waals surface area contributed by atoms with Crippen molar-refractivity contribution in [1.29, 1.82) is 0 Å². The fourth-order valence-corrected chi connectivity index (χ4v) is 9.86. The predicted octanol–water partition coefficient (Wildman–Crippen LogP) is 16.9. The van der Waals surface area contributed by atoms with Crippen LogP contribution in [0, 0.1) is 0 Å². The Morgan fingerprint density at radius 1 is 0.150 bits per heavy atom. The van der Waals surface area contributed by atoms with Gasteiger partial charge in [0.15, 0.2) is 0 Å². The number of fused-ring (bicyclic) bond motifs is 6. The highest BCUT2D eigenvalue weighted by Gasteiger charge is 2.19. The molecule has 0 spiro atoms. The minimum atomic E-state index is 1.21. The van der Waals surface area contributed by atoms with Crippen molar-refractivity contribution in [1.82, 2.24) is 0 Å². The van der Waals surface area contributed by atoms with Crippen molar-refractivity contribution in [2.75, 3.05) is 0 Å². The second-order valence-electron chi connectivity index (χ2n) is 16.0. The molecule has 0 fully saturated rings. The van der Waals surface area contributed by atoms with Crippen molar-refractivity contribution in [2.45, 2.75) is 0 Å². The first-order chi connectivity index (χ1) is 29.8. The van der Waals surface area contributed by atoms with Crippen LogP contribution >= 0.6 is 0 Å². The van der Waals surface area contributed by atoms with Gasteiger partial charge in [-0.3, -0.25) is 0 Å². The zero-order valence-corrected chi connectivity index (χ0v) is 32.9. The molecule has 12 aromatic carbocycles. The van der Waals surface area contributed by atoms with E-state index in [1.807, 2.05) is 0 Å². The van der Waals surface area contributed by atoms with E-state index < -0.39 is 0 Å². The van der Waals surface area contributed by atoms with Gasteiger partial charge < -0.3 is 0 Å². The summed E-state index contributed by atoms with van der Waals surface area (Å²) in [5.74, 6) is 0. The van der Waals surface area contributed by atoms with Gasteiger partial charge in [0.25, 0.3) is 0 Å². The fraction of sp³-hybridized carbons (Fsp3) is 0. The molecule has 0 aliphatic carbocycles. The van der Waals surface area contributed by atoms with Gasteiger partial charge in [-0.05, 0) is 138 Å². The Hall–Kier alpha value is -7.80. The molecule has 0 radical (unpaired) electrons. The predicted molar refractivity (Wildman–Crippen MR) is 259 cm³/mol. The standard InChI is InChI=1S/C60H38/c1-2-15-41(16-3-1)57-49-18-6-10-22-53(49)60(54-23-11-7-19-50(54)57)48-35-33-45-36-44(31-32-46(45)38-48)40-26-29-42(30-27-40)58-51-20-8-12-24-55(51)59(56-25-13-9-21-52(56)58)47-34-28-39-14-4-5-17-43(39)37-47/h1-38H. The van der Waals surface area contributed by atoms with Crippen molar-refractivity contribution >= 4 is 64.6 Å². The number of rotatable bonds is 5. The van der Waals surface area contributed by atoms with Crippen LogP contribution in [-0.2, 0) is 0 Å². The molecule has 60 heavy (non-hydrogen) atoms. The molecule has 0 aliphatic heterocycles. The molecular weight excluding hydrogens is 721 g/mol. The van der Waals surface area contributed by atoms with Crippen molar-refractivity contribution in [3.63, 3.8) is 0 Å². The monoisotopic (exact) mass is 758 g/mol. The van der Waals surface area contributed by atoms with Crippen LogP contribution in [0.4, 0.5) is 0 Å². The molecule has 0 saturated heterocycles. The molecule has 0 atom stereocenters. The number of hydrogen-bond acceptors (Lipinski definition) is 0. The minimum Gasteiger partial charge on any atom is -0.0622 e. The highest BCUT2D eigenvalue weighted by Crippen LogP contribution is 2.46. The van der Waals surface area contributed by atoms with Gasteiger partial charge in [-0.1, -0.05) is 212 Å². The van der Waals surface area contributed by atoms with E-state index in [-0.39, 0.29) is 0 Å². The molecule has 12 rings (SSSR count). The van der Waals surface area contributed by atoms with E-state index in [2.05, 4.69) is 231 Å². The average molecular weight is 759 g/mol. The molecule has 0 aromatic heterocycles. The second kappa shape index (κ2) is 13.9. The first-order valence-electron chi connectivity index (χ1n) is 20.8. The summed E-state index contributed by atoms with van der Waals surface area (Å²) >= 11 is 0. The Morgan fingerprint density at radius 3 is 0.867 bits per heavy atom. The van der Waals surface area contributed by atoms with E-state index >= 15 is 0 Å². The van der Waals surface area contributed by atoms with Gasteiger partial charge >= 0.3 is 0 Å². The van der Waals surface area contributed by atoms with Gasteiger partial charge in [-0.25, -0.2) is 0 Å². The van der Waals surface area contributed by atoms with Gasteiger partial charge in [0.2, 0.25) is 0 Å². The lowest BCUT2D eigenvalue weighted by atomic mass is 9.85. The zero-order chi connectivity index (χ0) is 39.6. The summed E-state index contributed by atoms with van der Waals surface area (Å²) in [6.45, 7) is 0. The normalized spacial score (nSPS) is 11.7. The Morgan fingerprint density at radius 2 is 0.417 bits per heavy atom. The molecule has 0 heterocycles. The maximum absolute atomic E-state index is 2.37. The topological polar surface area (TPSA) is 0 Å². The highest BCUT2D eigenvalue weighted by atomic mass is 14.2. The van der Waals surface area contributed by atoms with Crippen LogP contribution in [-0.4, -0.2) is 0 Å². The lowest BCUT2D eigenvalue weighted by Crippen LogP contribution is -1.91. The third-order valence-electron chi connectivity index (χ3n) is 12.6. The van der Waals surface area contributed by atoms with Crippen molar-refractivity contribution in [3.8, 4) is 55.6 Å². The van der Waals surface area contributed by atoms with Gasteiger partial charge in [0.05, 0.1) is 0 Å². The molecule has 0 heteroatoms. The van der Waals surface area contributed by atoms with Crippen molar-refractivity contribution in [3.05, 3.63) is 231 Å². The summed E-state index contributed by atoms with van der Waals surface area (Å²) in [6, 6.07) is 85.0. The van der Waals surface area contributed by atoms with Gasteiger partial charge in [-0.15, -0.1) is 0 Å². The third-order valence-corrected chi connectivity index (χ3v) is 12.6. The summed E-state index contributed by atoms with van der Waals surface area (Å²) in [5.41, 5.74) is 12.5. The van der Waals surface area contributed by atoms with E-state index in [0.29, 0.717) is 0 Å². The Kier molecular flexibility index (Phi) is 7.96. The largest absolute Gasteiger partial charge is 0.0622 e. The van der Waals surface area contributed by atoms with Gasteiger partial charge in [0, 0.05) is 0 Å². The number of hydrogen-bond donors (Lipinski definition) is 0. The van der Waals surface area contributed by atoms with E-state index in [1.54, 1.807) is 0 Å². The molecule has 0 unspecified atom stereocenters. The van der Waals surface area contributed by atoms with E-state index in [4.69, 9.17) is 0 Å². The van der Waals surface area contributed by atoms with E-state index in [0.717, 1.165) is 0 Å². The smallest absolute Gasteiger partial charge is 0.00262 e. The van der Waals surface area contributed by atoms with Crippen LogP contribution < -0.4 is 0 Å². The molecule has 0 saturated carbocycles. The minimum absolute atomic E-state index is 1.21. The Bertz CT molecular complexity index is 3520. The summed E-state index contributed by atoms with van der Waals surface area (Å²) in [6.07, 6.45) is 0. The highest BCUT2D eigenvalue weighted by molar-refractivity contribution is 6.23. The summed E-state index contributed by atoms with van der Waals surface area (Å²) < 4.78 is 0. The molecular formula is C60H38. The van der Waals surface area contributed by atoms with E-state index in [9.17, 15) is 0 Å². The molecule has 278 valence electrons. The van der Waals surface area contributed by atoms with Crippen LogP contribution in [0.25, 0.3) is 120 Å². The fourth-order valence-electron chi connectivity index (χ4n) is 9.86. The summed E-state index contributed by atoms with van der Waals surface area (Å²) in [4.78, 5) is 0. The van der Waals surface area contributed by atoms with Crippen LogP contribution in [0.5, 0.6) is 0 Å². The molecule has 0 amide bonds. The summed E-state index contributed by atoms with van der Waals surface area (Å²) in [5, 5.41) is 15.2. The second-order valence-corrected chi connectivity index (χ2v) is 16.0. The van der Waals surface area contributed by atoms with Gasteiger partial charge in [0.1, 0.15) is 0 Å². The summed E-state index contributed by atoms with van der Waals surface area (Å²) in [7, 11) is 0. The molecule has 0 nitrogen and oxygen atoms in total. The Balaban J connectivity index is 0.941. The van der Waals surface area contributed by atoms with Crippen LogP contribution in [0.1, 0.15) is 0 Å². The lowest BCUT2D eigenvalue weighted by Gasteiger charge is -2.18. The average Bonchev–Trinajstić information content (AvgIpc) is 3.32. The van der Waals surface area contributed by atoms with Crippen molar-refractivity contribution < 1.29 is 0 Å². The molecule has 0 aliphatic rings. The van der Waals surface area contributed by atoms with Crippen molar-refractivity contribution in [2.24, 2.45) is 0 Å².